The average molecular weight is 182 g/mol. The molecule has 0 amide bonds. The Morgan fingerprint density at radius 2 is 2.38 bits per heavy atom. The van der Waals surface area contributed by atoms with E-state index in [1.54, 1.807) is 6.20 Å². The van der Waals surface area contributed by atoms with Crippen molar-refractivity contribution >= 4 is 0 Å². The Morgan fingerprint density at radius 3 is 2.62 bits per heavy atom. The molecule has 1 rings (SSSR count). The zero-order valence-electron chi connectivity index (χ0n) is 4.63. The first-order valence-electron chi connectivity index (χ1n) is 2.05. The fraction of sp³-hybridized carbons (Fsp3) is 0.200. The zero-order chi connectivity index (χ0) is 5.11. The quantitative estimate of drug-likeness (QED) is 0.548. The molecule has 1 heterocycles. The van der Waals surface area contributed by atoms with Gasteiger partial charge >= 0.3 is 0 Å². The second-order valence-electron chi connectivity index (χ2n) is 1.30. The summed E-state index contributed by atoms with van der Waals surface area (Å²) in [5.41, 5.74) is 0.954. The number of nitrogens with zero attached hydrogens (tertiary/aromatic N) is 2. The molecule has 0 aliphatic carbocycles. The Kier molecular flexibility index (Phi) is 4.20. The molecule has 2 nitrogen and oxygen atoms in total. The van der Waals surface area contributed by atoms with Crippen LogP contribution in [0.3, 0.4) is 0 Å². The maximum Gasteiger partial charge on any atom is 0.0215 e. The summed E-state index contributed by atoms with van der Waals surface area (Å²) in [7, 11) is 0. The Morgan fingerprint density at radius 1 is 1.62 bits per heavy atom. The third kappa shape index (κ3) is 2.48. The molecule has 0 fully saturated rings. The van der Waals surface area contributed by atoms with Crippen LogP contribution in [-0.2, 0) is 32.7 Å². The van der Waals surface area contributed by atoms with Crippen LogP contribution in [0, 0.1) is 13.3 Å². The zero-order valence-corrected chi connectivity index (χ0v) is 7.46. The molecule has 0 bridgehead atoms. The Labute approximate surface area is 73.6 Å². The largest absolute Gasteiger partial charge is 0.374 e. The number of rotatable bonds is 0. The fourth-order valence-corrected chi connectivity index (χ4v) is 0.323. The van der Waals surface area contributed by atoms with Crippen molar-refractivity contribution in [3.05, 3.63) is 24.3 Å². The van der Waals surface area contributed by atoms with Crippen molar-refractivity contribution in [2.24, 2.45) is 0 Å². The molecule has 0 spiro atoms. The molecule has 0 aromatic carbocycles. The van der Waals surface area contributed by atoms with Crippen molar-refractivity contribution in [3.63, 3.8) is 0 Å². The predicted molar refractivity (Wildman–Crippen MR) is 25.6 cm³/mol. The van der Waals surface area contributed by atoms with Crippen LogP contribution in [-0.4, -0.2) is 9.97 Å². The summed E-state index contributed by atoms with van der Waals surface area (Å²) in [5.74, 6) is 0. The molecule has 0 N–H and O–H groups in total. The summed E-state index contributed by atoms with van der Waals surface area (Å²) in [4.78, 5) is 7.35. The van der Waals surface area contributed by atoms with Crippen LogP contribution in [0.1, 0.15) is 5.69 Å². The first-order chi connectivity index (χ1) is 3.39. The van der Waals surface area contributed by atoms with Gasteiger partial charge in [0.25, 0.3) is 0 Å². The molecule has 3 heteroatoms. The number of aromatic nitrogens is 2. The van der Waals surface area contributed by atoms with E-state index in [-0.39, 0.29) is 32.7 Å². The van der Waals surface area contributed by atoms with E-state index in [0.29, 0.717) is 0 Å². The Hall–Kier alpha value is 0.184. The van der Waals surface area contributed by atoms with Gasteiger partial charge in [0.15, 0.2) is 0 Å². The number of hydrogen-bond acceptors (Lipinski definition) is 2. The van der Waals surface area contributed by atoms with E-state index < -0.39 is 0 Å². The van der Waals surface area contributed by atoms with Crippen molar-refractivity contribution in [2.45, 2.75) is 6.92 Å². The Balaban J connectivity index is 0.000000490. The van der Waals surface area contributed by atoms with Crippen LogP contribution in [0.25, 0.3) is 0 Å². The summed E-state index contributed by atoms with van der Waals surface area (Å²) in [6.07, 6.45) is 4.13. The smallest absolute Gasteiger partial charge is 0.0215 e. The molecule has 0 saturated heterocycles. The number of aryl methyl sites for hydroxylation is 1. The second kappa shape index (κ2) is 4.10. The van der Waals surface area contributed by atoms with Crippen LogP contribution in [0.15, 0.2) is 12.3 Å². The van der Waals surface area contributed by atoms with E-state index in [2.05, 4.69) is 16.3 Å². The summed E-state index contributed by atoms with van der Waals surface area (Å²) in [5, 5.41) is 0. The monoisotopic (exact) mass is 182 g/mol. The van der Waals surface area contributed by atoms with Crippen molar-refractivity contribution in [1.82, 2.24) is 9.97 Å². The third-order valence-electron chi connectivity index (χ3n) is 0.674. The third-order valence-corrected chi connectivity index (χ3v) is 0.674. The van der Waals surface area contributed by atoms with Gasteiger partial charge in [-0.3, -0.25) is 0 Å². The van der Waals surface area contributed by atoms with E-state index in [0.717, 1.165) is 5.69 Å². The van der Waals surface area contributed by atoms with E-state index >= 15 is 0 Å². The SMILES string of the molecule is Cc1ccn[c-]n1.[Y]. The first-order valence-corrected chi connectivity index (χ1v) is 2.05. The van der Waals surface area contributed by atoms with Gasteiger partial charge in [-0.25, -0.2) is 0 Å². The van der Waals surface area contributed by atoms with Crippen LogP contribution in [0.4, 0.5) is 0 Å². The summed E-state index contributed by atoms with van der Waals surface area (Å²) in [6, 6.07) is 1.83. The maximum atomic E-state index is 3.74. The molecule has 8 heavy (non-hydrogen) atoms. The minimum atomic E-state index is 0. The topological polar surface area (TPSA) is 25.8 Å². The van der Waals surface area contributed by atoms with E-state index in [1.165, 1.54) is 0 Å². The molecule has 0 aliphatic heterocycles. The normalized spacial score (nSPS) is 7.62. The molecule has 39 valence electrons. The van der Waals surface area contributed by atoms with Crippen molar-refractivity contribution in [1.29, 1.82) is 0 Å². The van der Waals surface area contributed by atoms with Crippen LogP contribution in [0.5, 0.6) is 0 Å². The van der Waals surface area contributed by atoms with E-state index in [9.17, 15) is 0 Å². The van der Waals surface area contributed by atoms with Crippen molar-refractivity contribution in [2.75, 3.05) is 0 Å². The molecular formula is C5H5N2Y-. The molecule has 0 unspecified atom stereocenters. The van der Waals surface area contributed by atoms with Gasteiger partial charge in [0.1, 0.15) is 0 Å². The van der Waals surface area contributed by atoms with Gasteiger partial charge in [-0.05, 0) is 0 Å². The summed E-state index contributed by atoms with van der Waals surface area (Å²) in [6.45, 7) is 1.90. The van der Waals surface area contributed by atoms with Gasteiger partial charge in [0.05, 0.1) is 0 Å². The molecular weight excluding hydrogens is 177 g/mol. The first kappa shape index (κ1) is 8.18. The predicted octanol–water partition coefficient (Wildman–Crippen LogP) is 0.583. The maximum absolute atomic E-state index is 3.74. The minimum Gasteiger partial charge on any atom is -0.374 e. The van der Waals surface area contributed by atoms with Crippen LogP contribution >= 0.6 is 0 Å². The van der Waals surface area contributed by atoms with E-state index in [1.807, 2.05) is 13.0 Å². The molecule has 1 aromatic rings. The number of hydrogen-bond donors (Lipinski definition) is 0. The molecule has 1 aromatic heterocycles. The van der Waals surface area contributed by atoms with Gasteiger partial charge in [0, 0.05) is 39.0 Å². The van der Waals surface area contributed by atoms with Crippen molar-refractivity contribution < 1.29 is 32.7 Å². The second-order valence-corrected chi connectivity index (χ2v) is 1.30. The fourth-order valence-electron chi connectivity index (χ4n) is 0.323. The van der Waals surface area contributed by atoms with Gasteiger partial charge in [0.2, 0.25) is 0 Å². The molecule has 1 radical (unpaired) electrons. The average Bonchev–Trinajstić information content (AvgIpc) is 1.69. The van der Waals surface area contributed by atoms with Crippen LogP contribution in [0.2, 0.25) is 0 Å². The van der Waals surface area contributed by atoms with Crippen LogP contribution < -0.4 is 0 Å². The standard InChI is InChI=1S/C5H5N2.Y/c1-5-2-3-6-4-7-5;/h2-3H,1H3;/q-1;. The van der Waals surface area contributed by atoms with Crippen molar-refractivity contribution in [3.8, 4) is 0 Å². The Bertz CT molecular complexity index is 140. The molecule has 0 saturated carbocycles. The van der Waals surface area contributed by atoms with E-state index in [4.69, 9.17) is 0 Å². The van der Waals surface area contributed by atoms with Gasteiger partial charge < -0.3 is 9.97 Å². The summed E-state index contributed by atoms with van der Waals surface area (Å²) >= 11 is 0. The molecule has 0 aliphatic rings. The molecule has 0 atom stereocenters. The van der Waals surface area contributed by atoms with Gasteiger partial charge in [-0.15, -0.1) is 6.07 Å². The van der Waals surface area contributed by atoms with Gasteiger partial charge in [-0.1, -0.05) is 18.8 Å². The van der Waals surface area contributed by atoms with Gasteiger partial charge in [-0.2, -0.15) is 0 Å². The summed E-state index contributed by atoms with van der Waals surface area (Å²) < 4.78 is 0. The minimum absolute atomic E-state index is 0.